The topological polar surface area (TPSA) is 52.9 Å². The minimum absolute atomic E-state index is 0.0124. The number of nitrogens with zero attached hydrogens (tertiary/aromatic N) is 4. The molecule has 0 radical (unpaired) electrons. The Kier molecular flexibility index (Phi) is 5.13. The smallest absolute Gasteiger partial charge is 0.266 e. The molecule has 1 amide bonds. The van der Waals surface area contributed by atoms with Crippen LogP contribution in [0.1, 0.15) is 35.2 Å². The van der Waals surface area contributed by atoms with Gasteiger partial charge in [0.05, 0.1) is 17.8 Å². The molecule has 0 unspecified atom stereocenters. The molecule has 3 heterocycles. The lowest BCUT2D eigenvalue weighted by Gasteiger charge is -2.35. The summed E-state index contributed by atoms with van der Waals surface area (Å²) in [7, 11) is 1.85. The molecule has 1 aliphatic carbocycles. The van der Waals surface area contributed by atoms with Gasteiger partial charge in [-0.15, -0.1) is 0 Å². The monoisotopic (exact) mass is 487 g/mol. The average Bonchev–Trinajstić information content (AvgIpc) is 3.63. The Morgan fingerprint density at radius 3 is 2.35 bits per heavy atom. The third-order valence-corrected chi connectivity index (χ3v) is 7.86. The second-order valence-corrected chi connectivity index (χ2v) is 10.1. The summed E-state index contributed by atoms with van der Waals surface area (Å²) in [6.45, 7) is 0.655. The van der Waals surface area contributed by atoms with Gasteiger partial charge in [0.2, 0.25) is 5.96 Å². The molecule has 7 rings (SSSR count). The molecule has 0 spiro atoms. The molecule has 37 heavy (non-hydrogen) atoms. The van der Waals surface area contributed by atoms with E-state index in [1.807, 2.05) is 43.4 Å². The van der Waals surface area contributed by atoms with Crippen LogP contribution in [0.3, 0.4) is 0 Å². The summed E-state index contributed by atoms with van der Waals surface area (Å²) in [6.07, 6.45) is 5.52. The van der Waals surface area contributed by atoms with Gasteiger partial charge in [-0.05, 0) is 48.1 Å². The molecule has 3 aliphatic rings. The van der Waals surface area contributed by atoms with Gasteiger partial charge < -0.3 is 14.8 Å². The first kappa shape index (κ1) is 21.9. The van der Waals surface area contributed by atoms with Crippen LogP contribution in [-0.4, -0.2) is 40.5 Å². The first-order valence-corrected chi connectivity index (χ1v) is 13.0. The number of carbonyl (C=O) groups excluding carboxylic acids is 1. The number of aromatic nitrogens is 1. The molecular weight excluding hydrogens is 458 g/mol. The van der Waals surface area contributed by atoms with Crippen molar-refractivity contribution in [3.05, 3.63) is 102 Å². The lowest BCUT2D eigenvalue weighted by Crippen LogP contribution is -2.51. The third-order valence-electron chi connectivity index (χ3n) is 7.86. The third kappa shape index (κ3) is 3.63. The lowest BCUT2D eigenvalue weighted by atomic mass is 10.0. The maximum atomic E-state index is 13.7. The van der Waals surface area contributed by atoms with E-state index in [1.54, 1.807) is 4.90 Å². The summed E-state index contributed by atoms with van der Waals surface area (Å²) >= 11 is 0. The number of anilines is 3. The fourth-order valence-electron chi connectivity index (χ4n) is 6.01. The Morgan fingerprint density at radius 2 is 1.59 bits per heavy atom. The van der Waals surface area contributed by atoms with Gasteiger partial charge in [0.15, 0.2) is 0 Å². The van der Waals surface area contributed by atoms with Gasteiger partial charge in [-0.3, -0.25) is 9.69 Å². The van der Waals surface area contributed by atoms with Crippen LogP contribution in [0.5, 0.6) is 0 Å². The summed E-state index contributed by atoms with van der Waals surface area (Å²) < 4.78 is 2.19. The van der Waals surface area contributed by atoms with Crippen molar-refractivity contribution in [2.45, 2.75) is 37.9 Å². The van der Waals surface area contributed by atoms with Crippen molar-refractivity contribution in [2.24, 2.45) is 4.99 Å². The molecule has 6 heteroatoms. The highest BCUT2D eigenvalue weighted by atomic mass is 16.2. The Labute approximate surface area is 216 Å². The van der Waals surface area contributed by atoms with Crippen LogP contribution in [0.2, 0.25) is 0 Å². The van der Waals surface area contributed by atoms with Gasteiger partial charge in [0.25, 0.3) is 5.91 Å². The number of para-hydroxylation sites is 1. The van der Waals surface area contributed by atoms with E-state index >= 15 is 0 Å². The molecule has 184 valence electrons. The van der Waals surface area contributed by atoms with E-state index in [4.69, 9.17) is 4.99 Å². The summed E-state index contributed by atoms with van der Waals surface area (Å²) in [5, 5.41) is 3.58. The van der Waals surface area contributed by atoms with Gasteiger partial charge in [0.1, 0.15) is 11.4 Å². The van der Waals surface area contributed by atoms with E-state index in [2.05, 4.69) is 69.5 Å². The first-order valence-electron chi connectivity index (χ1n) is 13.0. The number of hydrogen-bond acceptors (Lipinski definition) is 4. The highest BCUT2D eigenvalue weighted by molar-refractivity contribution is 6.22. The highest BCUT2D eigenvalue weighted by Gasteiger charge is 2.48. The molecule has 0 saturated heterocycles. The van der Waals surface area contributed by atoms with E-state index in [0.717, 1.165) is 41.6 Å². The van der Waals surface area contributed by atoms with E-state index in [-0.39, 0.29) is 11.9 Å². The van der Waals surface area contributed by atoms with Gasteiger partial charge in [-0.2, -0.15) is 0 Å². The predicted octanol–water partition coefficient (Wildman–Crippen LogP) is 6.13. The van der Waals surface area contributed by atoms with Crippen molar-refractivity contribution in [1.29, 1.82) is 0 Å². The molecule has 1 N–H and O–H groups in total. The van der Waals surface area contributed by atoms with Crippen LogP contribution in [0, 0.1) is 0 Å². The number of fused-ring (bicyclic) bond motifs is 5. The van der Waals surface area contributed by atoms with Gasteiger partial charge in [-0.25, -0.2) is 4.99 Å². The Bertz CT molecular complexity index is 1490. The van der Waals surface area contributed by atoms with Crippen molar-refractivity contribution >= 4 is 29.1 Å². The quantitative estimate of drug-likeness (QED) is 0.368. The molecule has 4 aromatic rings. The number of rotatable bonds is 5. The zero-order valence-electron chi connectivity index (χ0n) is 20.8. The molecule has 2 aliphatic heterocycles. The summed E-state index contributed by atoms with van der Waals surface area (Å²) in [5.41, 5.74) is 6.23. The van der Waals surface area contributed by atoms with Crippen molar-refractivity contribution in [3.8, 4) is 11.1 Å². The predicted molar refractivity (Wildman–Crippen MR) is 149 cm³/mol. The van der Waals surface area contributed by atoms with Crippen LogP contribution >= 0.6 is 0 Å². The minimum atomic E-state index is -0.0124. The number of guanidine groups is 1. The standard InChI is InChI=1S/C31H29N5O/c1-34-30(37)28-27(36-26-14-8-13-25(26)33-31(34)36)20-35(29(28)32-24-11-6-3-7-12-24)19-21-15-17-23(18-16-21)22-9-4-2-5-10-22/h2-7,9-12,15-18,20,25-26,32H,8,13-14,19H2,1H3/t25-,26+/m1/s1. The van der Waals surface area contributed by atoms with Crippen molar-refractivity contribution in [2.75, 3.05) is 17.3 Å². The first-order chi connectivity index (χ1) is 18.2. The normalized spacial score (nSPS) is 19.9. The number of amides is 1. The lowest BCUT2D eigenvalue weighted by molar-refractivity contribution is 0.0866. The fourth-order valence-corrected chi connectivity index (χ4v) is 6.01. The Balaban J connectivity index is 1.30. The average molecular weight is 488 g/mol. The van der Waals surface area contributed by atoms with E-state index < -0.39 is 0 Å². The van der Waals surface area contributed by atoms with Crippen LogP contribution in [-0.2, 0) is 6.54 Å². The van der Waals surface area contributed by atoms with Crippen LogP contribution < -0.4 is 10.2 Å². The number of carbonyl (C=O) groups is 1. The summed E-state index contributed by atoms with van der Waals surface area (Å²) in [6, 6.07) is 29.8. The summed E-state index contributed by atoms with van der Waals surface area (Å²) in [5.74, 6) is 1.61. The van der Waals surface area contributed by atoms with Gasteiger partial charge >= 0.3 is 0 Å². The largest absolute Gasteiger partial charge is 0.341 e. The minimum Gasteiger partial charge on any atom is -0.341 e. The van der Waals surface area contributed by atoms with Crippen molar-refractivity contribution in [3.63, 3.8) is 0 Å². The van der Waals surface area contributed by atoms with Gasteiger partial charge in [-0.1, -0.05) is 72.8 Å². The highest BCUT2D eigenvalue weighted by Crippen LogP contribution is 2.44. The van der Waals surface area contributed by atoms with Crippen LogP contribution in [0.15, 0.2) is 96.1 Å². The Hall–Kier alpha value is -4.32. The van der Waals surface area contributed by atoms with Crippen LogP contribution in [0.25, 0.3) is 11.1 Å². The number of benzene rings is 3. The number of aliphatic imine (C=N–C) groups is 1. The summed E-state index contributed by atoms with van der Waals surface area (Å²) in [4.78, 5) is 22.7. The molecule has 6 nitrogen and oxygen atoms in total. The number of nitrogens with one attached hydrogen (secondary N) is 1. The number of hydrogen-bond donors (Lipinski definition) is 1. The molecule has 3 aromatic carbocycles. The Morgan fingerprint density at radius 1 is 0.892 bits per heavy atom. The van der Waals surface area contributed by atoms with Crippen molar-refractivity contribution in [1.82, 2.24) is 9.47 Å². The molecule has 1 fully saturated rings. The SMILES string of the molecule is CN1C(=O)c2c(cn(Cc3ccc(-c4ccccc4)cc3)c2Nc2ccccc2)N2C1=N[C@@H]1CCC[C@@H]12. The molecule has 1 aromatic heterocycles. The van der Waals surface area contributed by atoms with E-state index in [0.29, 0.717) is 12.6 Å². The fraction of sp³-hybridized carbons (Fsp3) is 0.226. The maximum absolute atomic E-state index is 13.7. The van der Waals surface area contributed by atoms with Crippen molar-refractivity contribution < 1.29 is 4.79 Å². The van der Waals surface area contributed by atoms with E-state index in [9.17, 15) is 4.79 Å². The zero-order valence-corrected chi connectivity index (χ0v) is 20.8. The van der Waals surface area contributed by atoms with Gasteiger partial charge in [0, 0.05) is 25.5 Å². The van der Waals surface area contributed by atoms with E-state index in [1.165, 1.54) is 23.1 Å². The maximum Gasteiger partial charge on any atom is 0.266 e. The van der Waals surface area contributed by atoms with Crippen LogP contribution in [0.4, 0.5) is 17.2 Å². The second kappa shape index (κ2) is 8.66. The molecular formula is C31H29N5O. The zero-order chi connectivity index (χ0) is 24.9. The molecule has 2 atom stereocenters. The second-order valence-electron chi connectivity index (χ2n) is 10.1. The molecule has 1 saturated carbocycles. The molecule has 0 bridgehead atoms.